The molecule has 0 radical (unpaired) electrons. The van der Waals surface area contributed by atoms with Crippen LogP contribution in [-0.2, 0) is 27.1 Å². The molecule has 3 aliphatic rings. The maximum atomic E-state index is 9.65. The van der Waals surface area contributed by atoms with Crippen molar-refractivity contribution < 1.29 is 6.85 Å². The molecule has 0 fully saturated rings. The molecule has 0 aliphatic carbocycles. The van der Waals surface area contributed by atoms with Crippen LogP contribution in [0.25, 0.3) is 72.0 Å². The zero-order valence-corrected chi connectivity index (χ0v) is 58.7. The molecule has 1 spiro atoms. The third-order valence-corrected chi connectivity index (χ3v) is 21.5. The maximum absolute atomic E-state index is 9.65. The lowest BCUT2D eigenvalue weighted by atomic mass is 9.29. The van der Waals surface area contributed by atoms with Gasteiger partial charge in [-0.25, -0.2) is 0 Å². The van der Waals surface area contributed by atoms with Gasteiger partial charge in [-0.2, -0.15) is 0 Å². The van der Waals surface area contributed by atoms with Crippen LogP contribution >= 0.6 is 0 Å². The summed E-state index contributed by atoms with van der Waals surface area (Å²) in [6, 6.07) is 95.8. The first-order valence-electron chi connectivity index (χ1n) is 37.6. The first-order chi connectivity index (χ1) is 49.7. The van der Waals surface area contributed by atoms with Crippen LogP contribution in [0.4, 0.5) is 34.1 Å². The summed E-state index contributed by atoms with van der Waals surface area (Å²) in [6.45, 7) is 27.3. The van der Waals surface area contributed by atoms with Gasteiger partial charge in [0.2, 0.25) is 6.71 Å². The van der Waals surface area contributed by atoms with Gasteiger partial charge in [0, 0.05) is 44.6 Å². The van der Waals surface area contributed by atoms with Gasteiger partial charge in [0.1, 0.15) is 0 Å². The smallest absolute Gasteiger partial charge is 0.247 e. The number of benzene rings is 13. The molecular formula is C95H84BN3. The Labute approximate surface area is 592 Å². The van der Waals surface area contributed by atoms with Crippen LogP contribution in [0.1, 0.15) is 134 Å². The summed E-state index contributed by atoms with van der Waals surface area (Å²) in [6.07, 6.45) is 0. The Bertz CT molecular complexity index is 5630. The maximum Gasteiger partial charge on any atom is 0.247 e. The largest absolute Gasteiger partial charge is 0.310 e. The fourth-order valence-electron chi connectivity index (χ4n) is 16.5. The van der Waals surface area contributed by atoms with Gasteiger partial charge < -0.3 is 14.4 Å². The molecule has 482 valence electrons. The lowest BCUT2D eigenvalue weighted by Gasteiger charge is -2.52. The molecule has 0 bridgehead atoms. The summed E-state index contributed by atoms with van der Waals surface area (Å²) in [4.78, 5) is 4.98. The minimum absolute atomic E-state index is 0.0978. The molecule has 4 heterocycles. The van der Waals surface area contributed by atoms with Gasteiger partial charge in [-0.15, -0.1) is 0 Å². The van der Waals surface area contributed by atoms with E-state index in [0.29, 0.717) is 5.56 Å². The zero-order valence-electron chi connectivity index (χ0n) is 63.7. The number of hydrogen-bond acceptors (Lipinski definition) is 2. The Balaban J connectivity index is 1.10. The van der Waals surface area contributed by atoms with Crippen molar-refractivity contribution in [3.05, 3.63) is 336 Å². The summed E-state index contributed by atoms with van der Waals surface area (Å²) in [5, 5.41) is 2.43. The van der Waals surface area contributed by atoms with Gasteiger partial charge in [0.15, 0.2) is 0 Å². The fourth-order valence-corrected chi connectivity index (χ4v) is 16.5. The Morgan fingerprint density at radius 2 is 0.808 bits per heavy atom. The predicted molar refractivity (Wildman–Crippen MR) is 423 cm³/mol. The highest BCUT2D eigenvalue weighted by atomic mass is 15.2. The van der Waals surface area contributed by atoms with Gasteiger partial charge in [-0.05, 0) is 189 Å². The second-order valence-electron chi connectivity index (χ2n) is 31.8. The highest BCUT2D eigenvalue weighted by Crippen LogP contribution is 2.61. The fraction of sp³-hybridized carbons (Fsp3) is 0.179. The molecular weight excluding hydrogens is 1190 g/mol. The minimum atomic E-state index is -1.04. The van der Waals surface area contributed by atoms with Crippen LogP contribution in [0.2, 0.25) is 0 Å². The van der Waals surface area contributed by atoms with E-state index < -0.39 is 18.2 Å². The van der Waals surface area contributed by atoms with E-state index >= 15 is 0 Å². The van der Waals surface area contributed by atoms with E-state index in [4.69, 9.17) is 4.11 Å². The van der Waals surface area contributed by atoms with E-state index in [1.807, 2.05) is 6.07 Å². The van der Waals surface area contributed by atoms with E-state index in [-0.39, 0.29) is 51.4 Å². The molecule has 0 atom stereocenters. The standard InChI is InChI=1S/C95H84BN3/c1-91(2,3)67-45-50-83-75(58-67)76-59-68(92(4,5)6)46-51-84(76)98(83)72-47-49-81-79(60-72)95(77-40-25-27-42-85(77)97(71-36-23-16-24-37-71)86-43-28-26-41-78(86)95)80-54-66(65-52-69(93(7,8)9)57-70(53-65)94(10,11)12)56-88-89(80)96(81)82-48-44-64(61-30-17-13-18-31-61)55-87(82)99(88)90-73(62-32-19-14-20-33-62)38-29-39-74(90)63-34-21-15-22-35-63/h13-60H,1-12H3/i13D,17D,18D,30D,31D. The quantitative estimate of drug-likeness (QED) is 0.147. The van der Waals surface area contributed by atoms with Crippen molar-refractivity contribution in [3.8, 4) is 50.2 Å². The van der Waals surface area contributed by atoms with Crippen molar-refractivity contribution in [2.75, 3.05) is 9.80 Å². The number of rotatable bonds is 7. The van der Waals surface area contributed by atoms with Crippen molar-refractivity contribution in [2.45, 2.75) is 110 Å². The third-order valence-electron chi connectivity index (χ3n) is 21.5. The van der Waals surface area contributed by atoms with Crippen LogP contribution in [0.3, 0.4) is 0 Å². The number of para-hydroxylation sites is 4. The average Bonchev–Trinajstić information content (AvgIpc) is 0.708. The van der Waals surface area contributed by atoms with E-state index in [1.54, 1.807) is 0 Å². The zero-order chi connectivity index (χ0) is 72.4. The molecule has 0 amide bonds. The number of aromatic nitrogens is 1. The molecule has 0 saturated heterocycles. The van der Waals surface area contributed by atoms with Crippen LogP contribution in [0.15, 0.2) is 291 Å². The van der Waals surface area contributed by atoms with Crippen molar-refractivity contribution in [1.29, 1.82) is 0 Å². The topological polar surface area (TPSA) is 11.4 Å². The van der Waals surface area contributed by atoms with Crippen molar-refractivity contribution >= 4 is 79.0 Å². The summed E-state index contributed by atoms with van der Waals surface area (Å²) in [7, 11) is 0. The van der Waals surface area contributed by atoms with Crippen LogP contribution < -0.4 is 26.2 Å². The highest BCUT2D eigenvalue weighted by Gasteiger charge is 2.56. The van der Waals surface area contributed by atoms with Crippen molar-refractivity contribution in [2.24, 2.45) is 0 Å². The van der Waals surface area contributed by atoms with Gasteiger partial charge in [0.25, 0.3) is 0 Å². The number of fused-ring (bicyclic) bond motifs is 13. The normalized spacial score (nSPS) is 14.6. The predicted octanol–water partition coefficient (Wildman–Crippen LogP) is 23.4. The molecule has 0 unspecified atom stereocenters. The molecule has 99 heavy (non-hydrogen) atoms. The first kappa shape index (κ1) is 56.4. The summed E-state index contributed by atoms with van der Waals surface area (Å²) >= 11 is 0. The van der Waals surface area contributed by atoms with Crippen LogP contribution in [0.5, 0.6) is 0 Å². The Hall–Kier alpha value is -10.7. The van der Waals surface area contributed by atoms with Gasteiger partial charge in [-0.3, -0.25) is 0 Å². The van der Waals surface area contributed by atoms with Gasteiger partial charge >= 0.3 is 0 Å². The van der Waals surface area contributed by atoms with Crippen molar-refractivity contribution in [3.63, 3.8) is 0 Å². The summed E-state index contributed by atoms with van der Waals surface area (Å²) in [5.74, 6) is 0. The molecule has 14 aromatic rings. The van der Waals surface area contributed by atoms with E-state index in [1.165, 1.54) is 33.0 Å². The summed E-state index contributed by atoms with van der Waals surface area (Å²) < 4.78 is 48.9. The lowest BCUT2D eigenvalue weighted by molar-refractivity contribution is 0.569. The minimum Gasteiger partial charge on any atom is -0.310 e. The third kappa shape index (κ3) is 9.91. The Morgan fingerprint density at radius 3 is 1.35 bits per heavy atom. The molecule has 0 saturated carbocycles. The number of nitrogens with zero attached hydrogens (tertiary/aromatic N) is 3. The highest BCUT2D eigenvalue weighted by molar-refractivity contribution is 6.99. The van der Waals surface area contributed by atoms with E-state index in [2.05, 4.69) is 352 Å². The van der Waals surface area contributed by atoms with Gasteiger partial charge in [-0.1, -0.05) is 301 Å². The number of hydrogen-bond donors (Lipinski definition) is 0. The SMILES string of the molecule is [2H]c1c([2H])c([2H])c(-c2ccc3c(c2)N(c2c(-c4ccccc4)cccc2-c2ccccc2)c2cc(-c4cc(C(C)(C)C)cc(C(C)(C)C)c4)cc4c2B3c2ccc(-n3c5ccc(C(C)(C)C)cc5c5cc(C(C)(C)C)ccc53)cc2C42c3ccccc3N(c3ccccc3)c3ccccc32)c([2H])c1[2H]. The second kappa shape index (κ2) is 22.7. The van der Waals surface area contributed by atoms with E-state index in [0.717, 1.165) is 123 Å². The molecule has 17 rings (SSSR count). The van der Waals surface area contributed by atoms with E-state index in [9.17, 15) is 2.74 Å². The molecule has 13 aromatic carbocycles. The molecule has 4 heteroatoms. The molecule has 0 N–H and O–H groups in total. The summed E-state index contributed by atoms with van der Waals surface area (Å²) in [5.41, 5.74) is 27.4. The van der Waals surface area contributed by atoms with Crippen LogP contribution in [0, 0.1) is 0 Å². The first-order valence-corrected chi connectivity index (χ1v) is 35.1. The second-order valence-corrected chi connectivity index (χ2v) is 31.8. The number of anilines is 6. The van der Waals surface area contributed by atoms with Crippen LogP contribution in [-0.4, -0.2) is 11.3 Å². The van der Waals surface area contributed by atoms with Crippen molar-refractivity contribution in [1.82, 2.24) is 4.57 Å². The molecule has 3 nitrogen and oxygen atoms in total. The Morgan fingerprint density at radius 1 is 0.313 bits per heavy atom. The monoisotopic (exact) mass is 1280 g/mol. The average molecular weight is 1280 g/mol. The molecule has 1 aromatic heterocycles. The Kier molecular flexibility index (Phi) is 12.9. The van der Waals surface area contributed by atoms with Gasteiger partial charge in [0.05, 0.1) is 40.4 Å². The lowest BCUT2D eigenvalue weighted by Crippen LogP contribution is -2.65. The molecule has 3 aliphatic heterocycles.